The van der Waals surface area contributed by atoms with Gasteiger partial charge in [-0.2, -0.15) is 0 Å². The van der Waals surface area contributed by atoms with Crippen molar-refractivity contribution in [1.82, 2.24) is 15.2 Å². The zero-order chi connectivity index (χ0) is 24.5. The van der Waals surface area contributed by atoms with E-state index in [-0.39, 0.29) is 40.8 Å². The highest BCUT2D eigenvalue weighted by Gasteiger charge is 2.43. The number of piperazine rings is 1. The molecular weight excluding hydrogens is 464 g/mol. The predicted molar refractivity (Wildman–Crippen MR) is 126 cm³/mol. The van der Waals surface area contributed by atoms with E-state index in [9.17, 15) is 14.7 Å². The number of carboxylic acid groups (broad SMARTS) is 1. The number of carbonyl (C=O) groups excluding carboxylic acids is 1. The van der Waals surface area contributed by atoms with E-state index in [1.807, 2.05) is 25.7 Å². The number of carbonyl (C=O) groups is 2. The van der Waals surface area contributed by atoms with E-state index in [4.69, 9.17) is 25.8 Å². The number of hydrogen-bond donors (Lipinski definition) is 2. The molecule has 4 rings (SSSR count). The van der Waals surface area contributed by atoms with Gasteiger partial charge in [0, 0.05) is 38.8 Å². The van der Waals surface area contributed by atoms with Crippen molar-refractivity contribution in [1.29, 1.82) is 0 Å². The number of nitrogens with one attached hydrogen (secondary N) is 1. The molecule has 1 aromatic heterocycles. The highest BCUT2D eigenvalue weighted by atomic mass is 35.5. The summed E-state index contributed by atoms with van der Waals surface area (Å²) in [6.07, 6.45) is 2.64. The minimum atomic E-state index is -1.13. The van der Waals surface area contributed by atoms with Crippen LogP contribution in [0, 0.1) is 0 Å². The lowest BCUT2D eigenvalue weighted by Gasteiger charge is -2.48. The summed E-state index contributed by atoms with van der Waals surface area (Å²) in [5.41, 5.74) is -0.817. The molecule has 3 fully saturated rings. The molecule has 11 heteroatoms. The van der Waals surface area contributed by atoms with Crippen LogP contribution in [0.1, 0.15) is 50.4 Å². The number of amides is 1. The first-order chi connectivity index (χ1) is 16.1. The van der Waals surface area contributed by atoms with Crippen LogP contribution in [0.25, 0.3) is 0 Å². The van der Waals surface area contributed by atoms with Crippen molar-refractivity contribution in [2.45, 2.75) is 57.3 Å². The van der Waals surface area contributed by atoms with E-state index in [0.717, 1.165) is 19.3 Å². The monoisotopic (exact) mass is 496 g/mol. The Morgan fingerprint density at radius 1 is 1.35 bits per heavy atom. The van der Waals surface area contributed by atoms with Crippen molar-refractivity contribution in [2.24, 2.45) is 0 Å². The summed E-state index contributed by atoms with van der Waals surface area (Å²) in [6, 6.07) is 1.24. The molecule has 0 aromatic carbocycles. The van der Waals surface area contributed by atoms with Gasteiger partial charge in [-0.3, -0.25) is 0 Å². The van der Waals surface area contributed by atoms with Gasteiger partial charge in [-0.1, -0.05) is 11.6 Å². The Bertz CT molecular complexity index is 933. The van der Waals surface area contributed by atoms with Crippen LogP contribution in [0.15, 0.2) is 6.07 Å². The third-order valence-electron chi connectivity index (χ3n) is 6.31. The molecule has 3 heterocycles. The Morgan fingerprint density at radius 3 is 2.76 bits per heavy atom. The van der Waals surface area contributed by atoms with Gasteiger partial charge in [-0.15, -0.1) is 0 Å². The number of morpholine rings is 1. The topological polar surface area (TPSA) is 113 Å². The maximum absolute atomic E-state index is 12.4. The highest BCUT2D eigenvalue weighted by molar-refractivity contribution is 6.29. The van der Waals surface area contributed by atoms with Crippen molar-refractivity contribution >= 4 is 29.5 Å². The maximum atomic E-state index is 12.4. The first-order valence-electron chi connectivity index (χ1n) is 11.7. The van der Waals surface area contributed by atoms with Crippen LogP contribution in [-0.2, 0) is 9.47 Å². The number of ether oxygens (including phenoxy) is 3. The molecule has 188 valence electrons. The Kier molecular flexibility index (Phi) is 7.12. The molecule has 1 spiro atoms. The van der Waals surface area contributed by atoms with E-state index in [0.29, 0.717) is 45.1 Å². The summed E-state index contributed by atoms with van der Waals surface area (Å²) >= 11 is 6.29. The number of nitrogens with zero attached hydrogens (tertiary/aromatic N) is 3. The van der Waals surface area contributed by atoms with Crippen LogP contribution in [0.5, 0.6) is 5.75 Å². The normalized spacial score (nSPS) is 22.3. The Balaban J connectivity index is 1.47. The predicted octanol–water partition coefficient (Wildman–Crippen LogP) is 2.78. The molecule has 0 bridgehead atoms. The van der Waals surface area contributed by atoms with Gasteiger partial charge in [-0.05, 0) is 40.0 Å². The van der Waals surface area contributed by atoms with Crippen LogP contribution < -0.4 is 15.0 Å². The smallest absolute Gasteiger partial charge is 0.410 e. The standard InChI is InChI=1S/C23H33ClN4O6/c1-22(2,3)34-21(31)27-8-7-25-15(12-27)13-32-16-11-17(24)26-19(18(16)20(29)30)28-9-10-33-23(14-28)5-4-6-23/h11,15,25H,4-10,12-14H2,1-3H3,(H,29,30)/t15-/m1/s1. The summed E-state index contributed by atoms with van der Waals surface area (Å²) < 4.78 is 17.4. The molecule has 10 nitrogen and oxygen atoms in total. The van der Waals surface area contributed by atoms with Gasteiger partial charge >= 0.3 is 12.1 Å². The second kappa shape index (κ2) is 9.75. The van der Waals surface area contributed by atoms with E-state index < -0.39 is 11.6 Å². The molecule has 1 atom stereocenters. The van der Waals surface area contributed by atoms with Crippen molar-refractivity contribution in [3.05, 3.63) is 16.8 Å². The Morgan fingerprint density at radius 2 is 2.12 bits per heavy atom. The molecule has 3 aliphatic rings. The summed E-state index contributed by atoms with van der Waals surface area (Å²) in [5.74, 6) is -0.667. The van der Waals surface area contributed by atoms with Crippen LogP contribution >= 0.6 is 11.6 Å². The van der Waals surface area contributed by atoms with Crippen LogP contribution in [0.4, 0.5) is 10.6 Å². The van der Waals surface area contributed by atoms with Crippen LogP contribution in [0.3, 0.4) is 0 Å². The van der Waals surface area contributed by atoms with Gasteiger partial charge in [0.05, 0.1) is 18.2 Å². The van der Waals surface area contributed by atoms with Crippen LogP contribution in [-0.4, -0.2) is 90.2 Å². The first-order valence-corrected chi connectivity index (χ1v) is 12.1. The lowest BCUT2D eigenvalue weighted by atomic mass is 9.79. The minimum absolute atomic E-state index is 0.0134. The number of hydrogen-bond acceptors (Lipinski definition) is 8. The maximum Gasteiger partial charge on any atom is 0.410 e. The molecule has 34 heavy (non-hydrogen) atoms. The van der Waals surface area contributed by atoms with Crippen molar-refractivity contribution in [3.8, 4) is 5.75 Å². The fourth-order valence-electron chi connectivity index (χ4n) is 4.54. The molecule has 2 aliphatic heterocycles. The molecule has 0 unspecified atom stereocenters. The van der Waals surface area contributed by atoms with Crippen LogP contribution in [0.2, 0.25) is 5.15 Å². The van der Waals surface area contributed by atoms with E-state index in [2.05, 4.69) is 10.3 Å². The summed E-state index contributed by atoms with van der Waals surface area (Å²) in [5, 5.41) is 13.5. The fourth-order valence-corrected chi connectivity index (χ4v) is 4.72. The molecule has 0 radical (unpaired) electrons. The summed E-state index contributed by atoms with van der Waals surface area (Å²) in [6.45, 7) is 8.75. The molecule has 1 amide bonds. The lowest BCUT2D eigenvalue weighted by Crippen LogP contribution is -2.56. The molecule has 1 aromatic rings. The number of aromatic carboxylic acids is 1. The summed E-state index contributed by atoms with van der Waals surface area (Å²) in [4.78, 5) is 32.6. The highest BCUT2D eigenvalue weighted by Crippen LogP contribution is 2.40. The second-order valence-electron chi connectivity index (χ2n) is 10.1. The zero-order valence-electron chi connectivity index (χ0n) is 19.9. The molecule has 1 aliphatic carbocycles. The van der Waals surface area contributed by atoms with Gasteiger partial charge in [0.15, 0.2) is 0 Å². The van der Waals surface area contributed by atoms with Gasteiger partial charge < -0.3 is 34.4 Å². The van der Waals surface area contributed by atoms with Gasteiger partial charge in [0.25, 0.3) is 0 Å². The average molecular weight is 497 g/mol. The molecule has 2 saturated heterocycles. The minimum Gasteiger partial charge on any atom is -0.491 e. The second-order valence-corrected chi connectivity index (χ2v) is 10.5. The average Bonchev–Trinajstić information content (AvgIpc) is 2.75. The van der Waals surface area contributed by atoms with E-state index in [1.165, 1.54) is 6.07 Å². The molecular formula is C23H33ClN4O6. The van der Waals surface area contributed by atoms with Gasteiger partial charge in [0.1, 0.15) is 34.5 Å². The Labute approximate surface area is 204 Å². The van der Waals surface area contributed by atoms with Crippen molar-refractivity contribution < 1.29 is 28.9 Å². The third-order valence-corrected chi connectivity index (χ3v) is 6.50. The number of rotatable bonds is 5. The fraction of sp³-hybridized carbons (Fsp3) is 0.696. The third kappa shape index (κ3) is 5.67. The van der Waals surface area contributed by atoms with E-state index in [1.54, 1.807) is 4.90 Å². The first kappa shape index (κ1) is 24.8. The number of pyridine rings is 1. The van der Waals surface area contributed by atoms with Crippen molar-refractivity contribution in [3.63, 3.8) is 0 Å². The SMILES string of the molecule is CC(C)(C)OC(=O)N1CCN[C@@H](COc2cc(Cl)nc(N3CCOC4(CCC4)C3)c2C(=O)O)C1. The molecule has 2 N–H and O–H groups in total. The number of carboxylic acids is 1. The van der Waals surface area contributed by atoms with Crippen molar-refractivity contribution in [2.75, 3.05) is 50.8 Å². The quantitative estimate of drug-likeness (QED) is 0.594. The largest absolute Gasteiger partial charge is 0.491 e. The number of halogens is 1. The van der Waals surface area contributed by atoms with Gasteiger partial charge in [0.2, 0.25) is 0 Å². The lowest BCUT2D eigenvalue weighted by molar-refractivity contribution is -0.106. The number of aromatic nitrogens is 1. The Hall–Kier alpha value is -2.30. The number of anilines is 1. The van der Waals surface area contributed by atoms with E-state index >= 15 is 0 Å². The zero-order valence-corrected chi connectivity index (χ0v) is 20.7. The van der Waals surface area contributed by atoms with Gasteiger partial charge in [-0.25, -0.2) is 14.6 Å². The summed E-state index contributed by atoms with van der Waals surface area (Å²) in [7, 11) is 0. The molecule has 1 saturated carbocycles.